The molecule has 1 saturated heterocycles. The second-order valence-corrected chi connectivity index (χ2v) is 4.19. The van der Waals surface area contributed by atoms with Crippen LogP contribution in [0, 0.1) is 11.3 Å². The van der Waals surface area contributed by atoms with Crippen LogP contribution >= 0.6 is 0 Å². The number of hydrogen-bond acceptors (Lipinski definition) is 4. The van der Waals surface area contributed by atoms with Gasteiger partial charge < -0.3 is 15.5 Å². The number of nitriles is 1. The molecule has 2 N–H and O–H groups in total. The SMILES string of the molecule is CNC(=O)C1CNCCN1c1cccc(C#N)c1. The van der Waals surface area contributed by atoms with Gasteiger partial charge in [0.15, 0.2) is 0 Å². The Morgan fingerprint density at radius 1 is 1.61 bits per heavy atom. The fourth-order valence-electron chi connectivity index (χ4n) is 2.17. The number of benzene rings is 1. The van der Waals surface area contributed by atoms with E-state index in [1.807, 2.05) is 23.1 Å². The van der Waals surface area contributed by atoms with Crippen LogP contribution in [0.25, 0.3) is 0 Å². The van der Waals surface area contributed by atoms with Gasteiger partial charge in [-0.3, -0.25) is 4.79 Å². The Morgan fingerprint density at radius 2 is 2.44 bits per heavy atom. The average Bonchev–Trinajstić information content (AvgIpc) is 2.46. The van der Waals surface area contributed by atoms with Gasteiger partial charge in [0.1, 0.15) is 6.04 Å². The van der Waals surface area contributed by atoms with Crippen molar-refractivity contribution >= 4 is 11.6 Å². The van der Waals surface area contributed by atoms with Gasteiger partial charge in [0.05, 0.1) is 11.6 Å². The minimum Gasteiger partial charge on any atom is -0.357 e. The number of rotatable bonds is 2. The van der Waals surface area contributed by atoms with Crippen molar-refractivity contribution in [1.82, 2.24) is 10.6 Å². The predicted molar refractivity (Wildman–Crippen MR) is 69.2 cm³/mol. The average molecular weight is 244 g/mol. The Balaban J connectivity index is 2.28. The quantitative estimate of drug-likeness (QED) is 0.773. The van der Waals surface area contributed by atoms with Crippen molar-refractivity contribution in [1.29, 1.82) is 5.26 Å². The molecule has 1 aromatic carbocycles. The van der Waals surface area contributed by atoms with Crippen molar-refractivity contribution in [3.63, 3.8) is 0 Å². The Morgan fingerprint density at radius 3 is 3.17 bits per heavy atom. The molecule has 5 nitrogen and oxygen atoms in total. The van der Waals surface area contributed by atoms with E-state index in [1.54, 1.807) is 13.1 Å². The molecule has 0 spiro atoms. The molecule has 1 fully saturated rings. The molecule has 0 radical (unpaired) electrons. The van der Waals surface area contributed by atoms with E-state index in [0.717, 1.165) is 18.8 Å². The van der Waals surface area contributed by atoms with Gasteiger partial charge >= 0.3 is 0 Å². The summed E-state index contributed by atoms with van der Waals surface area (Å²) >= 11 is 0. The molecule has 0 aromatic heterocycles. The first-order valence-electron chi connectivity index (χ1n) is 5.95. The summed E-state index contributed by atoms with van der Waals surface area (Å²) in [5.41, 5.74) is 1.53. The van der Waals surface area contributed by atoms with E-state index < -0.39 is 0 Å². The maximum Gasteiger partial charge on any atom is 0.243 e. The summed E-state index contributed by atoms with van der Waals surface area (Å²) in [4.78, 5) is 13.9. The summed E-state index contributed by atoms with van der Waals surface area (Å²) in [6, 6.07) is 9.26. The lowest BCUT2D eigenvalue weighted by molar-refractivity contribution is -0.122. The largest absolute Gasteiger partial charge is 0.357 e. The fraction of sp³-hybridized carbons (Fsp3) is 0.385. The molecule has 1 aliphatic rings. The van der Waals surface area contributed by atoms with Gasteiger partial charge in [0.2, 0.25) is 5.91 Å². The molecule has 1 aliphatic heterocycles. The molecule has 1 heterocycles. The van der Waals surface area contributed by atoms with Crippen LogP contribution in [0.15, 0.2) is 24.3 Å². The lowest BCUT2D eigenvalue weighted by Gasteiger charge is -2.36. The van der Waals surface area contributed by atoms with Crippen molar-refractivity contribution in [3.05, 3.63) is 29.8 Å². The Kier molecular flexibility index (Phi) is 3.80. The second-order valence-electron chi connectivity index (χ2n) is 4.19. The van der Waals surface area contributed by atoms with Crippen LogP contribution in [0.4, 0.5) is 5.69 Å². The Bertz CT molecular complexity index is 480. The molecule has 1 atom stereocenters. The van der Waals surface area contributed by atoms with E-state index in [1.165, 1.54) is 0 Å². The minimum absolute atomic E-state index is 0.00967. The summed E-state index contributed by atoms with van der Waals surface area (Å²) in [5.74, 6) is -0.00967. The first-order valence-corrected chi connectivity index (χ1v) is 5.95. The molecule has 5 heteroatoms. The summed E-state index contributed by atoms with van der Waals surface area (Å²) in [7, 11) is 1.64. The molecule has 94 valence electrons. The number of carbonyl (C=O) groups is 1. The number of nitrogens with one attached hydrogen (secondary N) is 2. The summed E-state index contributed by atoms with van der Waals surface area (Å²) < 4.78 is 0. The zero-order valence-electron chi connectivity index (χ0n) is 10.3. The number of piperazine rings is 1. The van der Waals surface area contributed by atoms with Gasteiger partial charge in [-0.25, -0.2) is 0 Å². The number of anilines is 1. The molecule has 1 amide bonds. The zero-order chi connectivity index (χ0) is 13.0. The molecule has 0 saturated carbocycles. The normalized spacial score (nSPS) is 19.1. The molecular formula is C13H16N4O. The highest BCUT2D eigenvalue weighted by molar-refractivity contribution is 5.85. The predicted octanol–water partition coefficient (Wildman–Crippen LogP) is 0.0825. The molecule has 1 aromatic rings. The second kappa shape index (κ2) is 5.52. The lowest BCUT2D eigenvalue weighted by Crippen LogP contribution is -2.57. The third-order valence-corrected chi connectivity index (χ3v) is 3.10. The van der Waals surface area contributed by atoms with Crippen LogP contribution in [-0.2, 0) is 4.79 Å². The number of nitrogens with zero attached hydrogens (tertiary/aromatic N) is 2. The van der Waals surface area contributed by atoms with Crippen molar-refractivity contribution in [2.45, 2.75) is 6.04 Å². The summed E-state index contributed by atoms with van der Waals surface area (Å²) in [6.45, 7) is 2.22. The highest BCUT2D eigenvalue weighted by Crippen LogP contribution is 2.19. The van der Waals surface area contributed by atoms with Crippen molar-refractivity contribution in [3.8, 4) is 6.07 Å². The lowest BCUT2D eigenvalue weighted by atomic mass is 10.1. The number of hydrogen-bond donors (Lipinski definition) is 2. The van der Waals surface area contributed by atoms with Gasteiger partial charge in [-0.05, 0) is 18.2 Å². The van der Waals surface area contributed by atoms with Crippen molar-refractivity contribution < 1.29 is 4.79 Å². The molecule has 0 aliphatic carbocycles. The first kappa shape index (κ1) is 12.4. The van der Waals surface area contributed by atoms with Gasteiger partial charge in [0, 0.05) is 32.4 Å². The highest BCUT2D eigenvalue weighted by atomic mass is 16.2. The first-order chi connectivity index (χ1) is 8.76. The van der Waals surface area contributed by atoms with Gasteiger partial charge in [-0.1, -0.05) is 6.07 Å². The van der Waals surface area contributed by atoms with E-state index >= 15 is 0 Å². The monoisotopic (exact) mass is 244 g/mol. The maximum absolute atomic E-state index is 11.8. The van der Waals surface area contributed by atoms with Crippen LogP contribution in [0.1, 0.15) is 5.56 Å². The van der Waals surface area contributed by atoms with Crippen LogP contribution in [0.2, 0.25) is 0 Å². The molecule has 18 heavy (non-hydrogen) atoms. The van der Waals surface area contributed by atoms with Crippen molar-refractivity contribution in [2.24, 2.45) is 0 Å². The number of amides is 1. The topological polar surface area (TPSA) is 68.2 Å². The fourth-order valence-corrected chi connectivity index (χ4v) is 2.17. The van der Waals surface area contributed by atoms with Crippen LogP contribution < -0.4 is 15.5 Å². The smallest absolute Gasteiger partial charge is 0.243 e. The molecule has 2 rings (SSSR count). The molecule has 0 bridgehead atoms. The van der Waals surface area contributed by atoms with E-state index in [2.05, 4.69) is 16.7 Å². The van der Waals surface area contributed by atoms with E-state index in [4.69, 9.17) is 5.26 Å². The number of likely N-dealkylation sites (N-methyl/N-ethyl adjacent to an activating group) is 1. The third-order valence-electron chi connectivity index (χ3n) is 3.10. The maximum atomic E-state index is 11.8. The minimum atomic E-state index is -0.224. The number of carbonyl (C=O) groups excluding carboxylic acids is 1. The van der Waals surface area contributed by atoms with Crippen LogP contribution in [-0.4, -0.2) is 38.6 Å². The van der Waals surface area contributed by atoms with Gasteiger partial charge in [-0.2, -0.15) is 5.26 Å². The third kappa shape index (κ3) is 2.44. The highest BCUT2D eigenvalue weighted by Gasteiger charge is 2.28. The van der Waals surface area contributed by atoms with Crippen LogP contribution in [0.3, 0.4) is 0 Å². The Hall–Kier alpha value is -2.06. The van der Waals surface area contributed by atoms with E-state index in [0.29, 0.717) is 12.1 Å². The standard InChI is InChI=1S/C13H16N4O/c1-15-13(18)12-9-16-5-6-17(12)11-4-2-3-10(7-11)8-14/h2-4,7,12,16H,5-6,9H2,1H3,(H,15,18). The van der Waals surface area contributed by atoms with Gasteiger partial charge in [0.25, 0.3) is 0 Å². The molecule has 1 unspecified atom stereocenters. The molecular weight excluding hydrogens is 228 g/mol. The van der Waals surface area contributed by atoms with E-state index in [-0.39, 0.29) is 11.9 Å². The van der Waals surface area contributed by atoms with Crippen LogP contribution in [0.5, 0.6) is 0 Å². The zero-order valence-corrected chi connectivity index (χ0v) is 10.3. The van der Waals surface area contributed by atoms with E-state index in [9.17, 15) is 4.79 Å². The van der Waals surface area contributed by atoms with Crippen molar-refractivity contribution in [2.75, 3.05) is 31.6 Å². The summed E-state index contributed by atoms with van der Waals surface area (Å²) in [5, 5.41) is 14.8. The Labute approximate surface area is 106 Å². The van der Waals surface area contributed by atoms with Gasteiger partial charge in [-0.15, -0.1) is 0 Å². The summed E-state index contributed by atoms with van der Waals surface area (Å²) in [6.07, 6.45) is 0.